The number of nitrogens with zero attached hydrogens (tertiary/aromatic N) is 1. The van der Waals surface area contributed by atoms with Gasteiger partial charge in [0, 0.05) is 18.0 Å². The minimum Gasteiger partial charge on any atom is -0.443 e. The average molecular weight is 318 g/mol. The fourth-order valence-corrected chi connectivity index (χ4v) is 2.18. The summed E-state index contributed by atoms with van der Waals surface area (Å²) in [6, 6.07) is 5.21. The number of ether oxygens (including phenoxy) is 1. The lowest BCUT2D eigenvalue weighted by Crippen LogP contribution is -2.26. The van der Waals surface area contributed by atoms with E-state index in [0.29, 0.717) is 28.6 Å². The molecule has 1 amide bonds. The number of hydrogen-bond acceptors (Lipinski definition) is 4. The molecule has 0 radical (unpaired) electrons. The van der Waals surface area contributed by atoms with Gasteiger partial charge in [0.15, 0.2) is 0 Å². The number of amides is 1. The Morgan fingerprint density at radius 3 is 2.57 bits per heavy atom. The molecule has 23 heavy (non-hydrogen) atoms. The first-order valence-corrected chi connectivity index (χ1v) is 7.53. The van der Waals surface area contributed by atoms with Gasteiger partial charge in [0.1, 0.15) is 5.60 Å². The summed E-state index contributed by atoms with van der Waals surface area (Å²) >= 11 is 0. The van der Waals surface area contributed by atoms with E-state index >= 15 is 0 Å². The minimum absolute atomic E-state index is 0.116. The first kappa shape index (κ1) is 17.0. The maximum atomic E-state index is 12.4. The third kappa shape index (κ3) is 3.90. The molecule has 0 aliphatic rings. The molecule has 6 heteroatoms. The fraction of sp³-hybridized carbons (Fsp3) is 0.412. The second-order valence-electron chi connectivity index (χ2n) is 6.30. The molecule has 0 bridgehead atoms. The maximum absolute atomic E-state index is 12.4. The third-order valence-corrected chi connectivity index (χ3v) is 3.24. The predicted molar refractivity (Wildman–Crippen MR) is 88.4 cm³/mol. The number of carbonyl (C=O) groups excluding carboxylic acids is 2. The molecular formula is C17H22N2O4. The smallest absolute Gasteiger partial charge is 0.419 e. The molecule has 0 saturated carbocycles. The summed E-state index contributed by atoms with van der Waals surface area (Å²) in [6.45, 7) is 7.01. The van der Waals surface area contributed by atoms with E-state index in [9.17, 15) is 14.7 Å². The molecule has 2 rings (SSSR count). The molecule has 6 nitrogen and oxygen atoms in total. The summed E-state index contributed by atoms with van der Waals surface area (Å²) in [5, 5.41) is 12.8. The van der Waals surface area contributed by atoms with Crippen molar-refractivity contribution >= 4 is 28.6 Å². The van der Waals surface area contributed by atoms with Crippen LogP contribution in [-0.2, 0) is 16.1 Å². The van der Waals surface area contributed by atoms with Gasteiger partial charge in [0.05, 0.1) is 17.8 Å². The number of benzene rings is 1. The van der Waals surface area contributed by atoms with Gasteiger partial charge in [-0.1, -0.05) is 13.0 Å². The lowest BCUT2D eigenvalue weighted by atomic mass is 10.1. The second-order valence-corrected chi connectivity index (χ2v) is 6.30. The van der Waals surface area contributed by atoms with Crippen LogP contribution in [0.15, 0.2) is 24.4 Å². The normalized spacial score (nSPS) is 11.5. The molecule has 0 spiro atoms. The lowest BCUT2D eigenvalue weighted by Gasteiger charge is -2.19. The van der Waals surface area contributed by atoms with Crippen LogP contribution in [0.4, 0.5) is 10.5 Å². The van der Waals surface area contributed by atoms with Crippen LogP contribution in [0.2, 0.25) is 0 Å². The predicted octanol–water partition coefficient (Wildman–Crippen LogP) is 3.27. The number of rotatable bonds is 3. The minimum atomic E-state index is -0.619. The van der Waals surface area contributed by atoms with Gasteiger partial charge in [-0.2, -0.15) is 0 Å². The molecule has 0 unspecified atom stereocenters. The van der Waals surface area contributed by atoms with Crippen molar-refractivity contribution in [2.45, 2.75) is 46.3 Å². The van der Waals surface area contributed by atoms with E-state index < -0.39 is 11.7 Å². The second kappa shape index (κ2) is 6.42. The van der Waals surface area contributed by atoms with Crippen molar-refractivity contribution in [2.24, 2.45) is 0 Å². The van der Waals surface area contributed by atoms with E-state index in [-0.39, 0.29) is 12.5 Å². The first-order chi connectivity index (χ1) is 10.7. The summed E-state index contributed by atoms with van der Waals surface area (Å²) in [4.78, 5) is 24.1. The molecule has 2 N–H and O–H groups in total. The number of hydrogen-bond donors (Lipinski definition) is 2. The van der Waals surface area contributed by atoms with Crippen molar-refractivity contribution in [1.29, 1.82) is 0 Å². The highest BCUT2D eigenvalue weighted by atomic mass is 16.6. The number of anilines is 1. The quantitative estimate of drug-likeness (QED) is 0.910. The van der Waals surface area contributed by atoms with Crippen LogP contribution >= 0.6 is 0 Å². The molecule has 0 atom stereocenters. The van der Waals surface area contributed by atoms with E-state index in [1.54, 1.807) is 52.1 Å². The zero-order valence-electron chi connectivity index (χ0n) is 13.8. The van der Waals surface area contributed by atoms with Gasteiger partial charge in [-0.25, -0.2) is 4.79 Å². The number of aliphatic hydroxyl groups excluding tert-OH is 1. The zero-order chi connectivity index (χ0) is 17.2. The van der Waals surface area contributed by atoms with Crippen molar-refractivity contribution in [1.82, 2.24) is 4.57 Å². The van der Waals surface area contributed by atoms with Crippen molar-refractivity contribution < 1.29 is 19.4 Å². The van der Waals surface area contributed by atoms with Crippen molar-refractivity contribution in [3.8, 4) is 0 Å². The molecule has 1 aromatic heterocycles. The molecule has 2 aromatic rings. The molecule has 124 valence electrons. The Labute approximate surface area is 135 Å². The van der Waals surface area contributed by atoms with E-state index in [0.717, 1.165) is 0 Å². The summed E-state index contributed by atoms with van der Waals surface area (Å²) in [5.41, 5.74) is 1.22. The van der Waals surface area contributed by atoms with Crippen molar-refractivity contribution in [3.05, 3.63) is 30.0 Å². The molecule has 0 aliphatic carbocycles. The Morgan fingerprint density at radius 1 is 1.30 bits per heavy atom. The van der Waals surface area contributed by atoms with Crippen molar-refractivity contribution in [2.75, 3.05) is 5.32 Å². The molecule has 0 fully saturated rings. The van der Waals surface area contributed by atoms with Crippen molar-refractivity contribution in [3.63, 3.8) is 0 Å². The van der Waals surface area contributed by atoms with Gasteiger partial charge in [-0.05, 0) is 38.5 Å². The van der Waals surface area contributed by atoms with Gasteiger partial charge in [0.25, 0.3) is 0 Å². The SMILES string of the molecule is CCC(=O)Nc1cn(C(=O)OC(C)(C)C)c2ccc(CO)cc12. The molecule has 1 heterocycles. The number of fused-ring (bicyclic) bond motifs is 1. The van der Waals surface area contributed by atoms with E-state index in [4.69, 9.17) is 4.74 Å². The maximum Gasteiger partial charge on any atom is 0.419 e. The molecular weight excluding hydrogens is 296 g/mol. The van der Waals surface area contributed by atoms with E-state index in [1.165, 1.54) is 4.57 Å². The highest BCUT2D eigenvalue weighted by molar-refractivity contribution is 6.04. The highest BCUT2D eigenvalue weighted by Crippen LogP contribution is 2.28. The molecule has 0 aliphatic heterocycles. The zero-order valence-corrected chi connectivity index (χ0v) is 13.8. The van der Waals surface area contributed by atoms with Crippen LogP contribution in [0.1, 0.15) is 39.7 Å². The summed E-state index contributed by atoms with van der Waals surface area (Å²) < 4.78 is 6.76. The average Bonchev–Trinajstić information content (AvgIpc) is 2.83. The van der Waals surface area contributed by atoms with Crippen LogP contribution < -0.4 is 5.32 Å². The Kier molecular flexibility index (Phi) is 4.75. The molecule has 1 aromatic carbocycles. The van der Waals surface area contributed by atoms with Gasteiger partial charge in [-0.3, -0.25) is 9.36 Å². The van der Waals surface area contributed by atoms with Crippen LogP contribution in [0.5, 0.6) is 0 Å². The largest absolute Gasteiger partial charge is 0.443 e. The Bertz CT molecular complexity index is 741. The topological polar surface area (TPSA) is 80.6 Å². The third-order valence-electron chi connectivity index (χ3n) is 3.24. The van der Waals surface area contributed by atoms with Crippen LogP contribution in [0.25, 0.3) is 10.9 Å². The lowest BCUT2D eigenvalue weighted by molar-refractivity contribution is -0.115. The standard InChI is InChI=1S/C17H22N2O4/c1-5-15(21)18-13-9-19(16(22)23-17(2,3)4)14-7-6-11(10-20)8-12(13)14/h6-9,20H,5,10H2,1-4H3,(H,18,21). The number of aromatic nitrogens is 1. The van der Waals surface area contributed by atoms with Gasteiger partial charge in [0.2, 0.25) is 5.91 Å². The summed E-state index contributed by atoms with van der Waals surface area (Å²) in [5.74, 6) is -0.150. The number of nitrogens with one attached hydrogen (secondary N) is 1. The number of carbonyl (C=O) groups is 2. The summed E-state index contributed by atoms with van der Waals surface area (Å²) in [7, 11) is 0. The van der Waals surface area contributed by atoms with E-state index in [2.05, 4.69) is 5.32 Å². The Hall–Kier alpha value is -2.34. The van der Waals surface area contributed by atoms with Crippen LogP contribution in [-0.4, -0.2) is 27.3 Å². The van der Waals surface area contributed by atoms with Crippen LogP contribution in [0.3, 0.4) is 0 Å². The van der Waals surface area contributed by atoms with Gasteiger partial charge in [-0.15, -0.1) is 0 Å². The first-order valence-electron chi connectivity index (χ1n) is 7.53. The summed E-state index contributed by atoms with van der Waals surface area (Å²) in [6.07, 6.45) is 1.36. The van der Waals surface area contributed by atoms with E-state index in [1.807, 2.05) is 0 Å². The monoisotopic (exact) mass is 318 g/mol. The highest BCUT2D eigenvalue weighted by Gasteiger charge is 2.21. The number of aliphatic hydroxyl groups is 1. The fourth-order valence-electron chi connectivity index (χ4n) is 2.18. The van der Waals surface area contributed by atoms with Crippen LogP contribution in [0, 0.1) is 0 Å². The molecule has 0 saturated heterocycles. The Morgan fingerprint density at radius 2 is 2.00 bits per heavy atom. The van der Waals surface area contributed by atoms with Gasteiger partial charge < -0.3 is 15.2 Å². The Balaban J connectivity index is 2.53. The van der Waals surface area contributed by atoms with Gasteiger partial charge >= 0.3 is 6.09 Å².